The van der Waals surface area contributed by atoms with Gasteiger partial charge in [-0.15, -0.1) is 0 Å². The molecule has 1 saturated heterocycles. The number of ether oxygens (including phenoxy) is 2. The number of hydrogen-bond donors (Lipinski definition) is 2. The molecule has 0 aliphatic carbocycles. The standard InChI is InChI=1S/C21H23N3O4/c1-13-3-5-17(7-14(13)2)24-11-16(9-20(24)25)23-21(26)22-10-15-4-6-18-19(8-15)28-12-27-18/h3-8,16H,9-12H2,1-2H3,(H2,22,23,26)/t16-/m1/s1. The van der Waals surface area contributed by atoms with E-state index in [0.29, 0.717) is 31.0 Å². The molecule has 7 heteroatoms. The molecule has 1 fully saturated rings. The summed E-state index contributed by atoms with van der Waals surface area (Å²) in [4.78, 5) is 26.4. The molecule has 4 rings (SSSR count). The van der Waals surface area contributed by atoms with Gasteiger partial charge in [0.2, 0.25) is 12.7 Å². The first-order chi connectivity index (χ1) is 13.5. The van der Waals surface area contributed by atoms with Gasteiger partial charge in [-0.3, -0.25) is 4.79 Å². The van der Waals surface area contributed by atoms with Crippen molar-refractivity contribution in [2.24, 2.45) is 0 Å². The van der Waals surface area contributed by atoms with Gasteiger partial charge in [0.25, 0.3) is 0 Å². The van der Waals surface area contributed by atoms with Crippen LogP contribution in [0.4, 0.5) is 10.5 Å². The number of fused-ring (bicyclic) bond motifs is 1. The lowest BCUT2D eigenvalue weighted by atomic mass is 10.1. The van der Waals surface area contributed by atoms with Crippen molar-refractivity contribution in [1.29, 1.82) is 0 Å². The molecule has 0 unspecified atom stereocenters. The van der Waals surface area contributed by atoms with Crippen molar-refractivity contribution < 1.29 is 19.1 Å². The van der Waals surface area contributed by atoms with Gasteiger partial charge >= 0.3 is 6.03 Å². The molecule has 3 amide bonds. The topological polar surface area (TPSA) is 79.9 Å². The number of amides is 3. The Morgan fingerprint density at radius 1 is 1.11 bits per heavy atom. The second-order valence-corrected chi connectivity index (χ2v) is 7.19. The molecule has 2 aliphatic heterocycles. The number of hydrogen-bond acceptors (Lipinski definition) is 4. The summed E-state index contributed by atoms with van der Waals surface area (Å²) in [6, 6.07) is 11.0. The monoisotopic (exact) mass is 381 g/mol. The molecule has 2 N–H and O–H groups in total. The predicted molar refractivity (Wildman–Crippen MR) is 105 cm³/mol. The van der Waals surface area contributed by atoms with Crippen LogP contribution in [0, 0.1) is 13.8 Å². The highest BCUT2D eigenvalue weighted by Gasteiger charge is 2.31. The van der Waals surface area contributed by atoms with E-state index in [1.165, 1.54) is 5.56 Å². The average Bonchev–Trinajstić information content (AvgIpc) is 3.28. The van der Waals surface area contributed by atoms with Crippen LogP contribution >= 0.6 is 0 Å². The number of urea groups is 1. The summed E-state index contributed by atoms with van der Waals surface area (Å²) in [6.45, 7) is 5.13. The predicted octanol–water partition coefficient (Wildman–Crippen LogP) is 2.64. The lowest BCUT2D eigenvalue weighted by Crippen LogP contribution is -2.43. The zero-order valence-corrected chi connectivity index (χ0v) is 16.0. The van der Waals surface area contributed by atoms with E-state index in [0.717, 1.165) is 16.8 Å². The van der Waals surface area contributed by atoms with E-state index < -0.39 is 0 Å². The van der Waals surface area contributed by atoms with Crippen LogP contribution in [0.15, 0.2) is 36.4 Å². The summed E-state index contributed by atoms with van der Waals surface area (Å²) >= 11 is 0. The number of carbonyl (C=O) groups excluding carboxylic acids is 2. The van der Waals surface area contributed by atoms with Crippen LogP contribution in [0.1, 0.15) is 23.1 Å². The Morgan fingerprint density at radius 3 is 2.75 bits per heavy atom. The van der Waals surface area contributed by atoms with E-state index in [9.17, 15) is 9.59 Å². The molecular weight excluding hydrogens is 358 g/mol. The number of nitrogens with zero attached hydrogens (tertiary/aromatic N) is 1. The SMILES string of the molecule is Cc1ccc(N2C[C@H](NC(=O)NCc3ccc4c(c3)OCO4)CC2=O)cc1C. The molecule has 2 aromatic rings. The highest BCUT2D eigenvalue weighted by Crippen LogP contribution is 2.32. The van der Waals surface area contributed by atoms with Crippen molar-refractivity contribution in [3.05, 3.63) is 53.1 Å². The second-order valence-electron chi connectivity index (χ2n) is 7.19. The lowest BCUT2D eigenvalue weighted by Gasteiger charge is -2.18. The van der Waals surface area contributed by atoms with Crippen molar-refractivity contribution in [2.45, 2.75) is 32.9 Å². The Hall–Kier alpha value is -3.22. The first-order valence-corrected chi connectivity index (χ1v) is 9.30. The second kappa shape index (κ2) is 7.42. The van der Waals surface area contributed by atoms with Gasteiger partial charge in [0, 0.05) is 25.2 Å². The maximum Gasteiger partial charge on any atom is 0.315 e. The quantitative estimate of drug-likeness (QED) is 0.853. The molecule has 2 heterocycles. The van der Waals surface area contributed by atoms with Gasteiger partial charge in [0.15, 0.2) is 11.5 Å². The molecular formula is C21H23N3O4. The van der Waals surface area contributed by atoms with Crippen molar-refractivity contribution in [3.63, 3.8) is 0 Å². The molecule has 2 aromatic carbocycles. The lowest BCUT2D eigenvalue weighted by molar-refractivity contribution is -0.117. The van der Waals surface area contributed by atoms with E-state index in [2.05, 4.69) is 10.6 Å². The summed E-state index contributed by atoms with van der Waals surface area (Å²) in [5.74, 6) is 1.42. The fraction of sp³-hybridized carbons (Fsp3) is 0.333. The largest absolute Gasteiger partial charge is 0.454 e. The molecule has 0 aromatic heterocycles. The minimum atomic E-state index is -0.294. The number of rotatable bonds is 4. The Bertz CT molecular complexity index is 928. The van der Waals surface area contributed by atoms with Crippen LogP contribution in [0.3, 0.4) is 0 Å². The number of aryl methyl sites for hydroxylation is 2. The summed E-state index contributed by atoms with van der Waals surface area (Å²) in [5, 5.41) is 5.72. The minimum absolute atomic E-state index is 0.0179. The molecule has 2 aliphatic rings. The molecule has 28 heavy (non-hydrogen) atoms. The van der Waals surface area contributed by atoms with Crippen LogP contribution in [-0.2, 0) is 11.3 Å². The molecule has 0 saturated carbocycles. The molecule has 0 spiro atoms. The van der Waals surface area contributed by atoms with Crippen LogP contribution in [0.5, 0.6) is 11.5 Å². The summed E-state index contributed by atoms with van der Waals surface area (Å²) in [5.41, 5.74) is 4.12. The summed E-state index contributed by atoms with van der Waals surface area (Å²) < 4.78 is 10.6. The summed E-state index contributed by atoms with van der Waals surface area (Å²) in [7, 11) is 0. The fourth-order valence-corrected chi connectivity index (χ4v) is 3.42. The average molecular weight is 381 g/mol. The first-order valence-electron chi connectivity index (χ1n) is 9.30. The van der Waals surface area contributed by atoms with Gasteiger partial charge in [-0.2, -0.15) is 0 Å². The normalized spacial score (nSPS) is 17.7. The maximum absolute atomic E-state index is 12.4. The maximum atomic E-state index is 12.4. The smallest absolute Gasteiger partial charge is 0.315 e. The van der Waals surface area contributed by atoms with Crippen LogP contribution in [0.25, 0.3) is 0 Å². The van der Waals surface area contributed by atoms with Crippen molar-refractivity contribution >= 4 is 17.6 Å². The molecule has 1 atom stereocenters. The van der Waals surface area contributed by atoms with E-state index >= 15 is 0 Å². The van der Waals surface area contributed by atoms with Crippen molar-refractivity contribution in [1.82, 2.24) is 10.6 Å². The van der Waals surface area contributed by atoms with Crippen LogP contribution < -0.4 is 25.0 Å². The van der Waals surface area contributed by atoms with E-state index in [4.69, 9.17) is 9.47 Å². The molecule has 0 bridgehead atoms. The Balaban J connectivity index is 1.31. The van der Waals surface area contributed by atoms with Crippen LogP contribution in [-0.4, -0.2) is 31.3 Å². The van der Waals surface area contributed by atoms with E-state index in [1.807, 2.05) is 50.2 Å². The number of benzene rings is 2. The fourth-order valence-electron chi connectivity index (χ4n) is 3.42. The first kappa shape index (κ1) is 18.2. The van der Waals surface area contributed by atoms with Gasteiger partial charge in [0.05, 0.1) is 6.04 Å². The highest BCUT2D eigenvalue weighted by atomic mass is 16.7. The highest BCUT2D eigenvalue weighted by molar-refractivity contribution is 5.96. The van der Waals surface area contributed by atoms with Gasteiger partial charge in [-0.25, -0.2) is 4.79 Å². The van der Waals surface area contributed by atoms with Crippen molar-refractivity contribution in [3.8, 4) is 11.5 Å². The number of nitrogens with one attached hydrogen (secondary N) is 2. The van der Waals surface area contributed by atoms with Gasteiger partial charge < -0.3 is 25.0 Å². The molecule has 0 radical (unpaired) electrons. The zero-order valence-electron chi connectivity index (χ0n) is 16.0. The molecule has 146 valence electrons. The Labute approximate surface area is 163 Å². The third-order valence-corrected chi connectivity index (χ3v) is 5.15. The van der Waals surface area contributed by atoms with Gasteiger partial charge in [0.1, 0.15) is 0 Å². The zero-order chi connectivity index (χ0) is 19.7. The number of carbonyl (C=O) groups is 2. The van der Waals surface area contributed by atoms with Crippen molar-refractivity contribution in [2.75, 3.05) is 18.2 Å². The Morgan fingerprint density at radius 2 is 1.93 bits per heavy atom. The number of anilines is 1. The molecule has 7 nitrogen and oxygen atoms in total. The Kier molecular flexibility index (Phi) is 4.81. The summed E-state index contributed by atoms with van der Waals surface area (Å²) in [6.07, 6.45) is 0.296. The van der Waals surface area contributed by atoms with Crippen LogP contribution in [0.2, 0.25) is 0 Å². The van der Waals surface area contributed by atoms with E-state index in [-0.39, 0.29) is 24.8 Å². The third kappa shape index (κ3) is 3.74. The third-order valence-electron chi connectivity index (χ3n) is 5.15. The van der Waals surface area contributed by atoms with Gasteiger partial charge in [-0.1, -0.05) is 12.1 Å². The van der Waals surface area contributed by atoms with E-state index in [1.54, 1.807) is 4.90 Å². The van der Waals surface area contributed by atoms with Gasteiger partial charge in [-0.05, 0) is 54.8 Å². The minimum Gasteiger partial charge on any atom is -0.454 e.